The molecule has 194 valence electrons. The first-order valence-corrected chi connectivity index (χ1v) is 15.1. The summed E-state index contributed by atoms with van der Waals surface area (Å²) in [6.45, 7) is 6.55. The van der Waals surface area contributed by atoms with Crippen LogP contribution in [-0.4, -0.2) is 26.1 Å². The molecule has 0 aliphatic carbocycles. The molecule has 1 aliphatic rings. The normalized spacial score (nSPS) is 17.3. The van der Waals surface area contributed by atoms with Gasteiger partial charge in [0.2, 0.25) is 10.0 Å². The number of thiazole rings is 1. The molecule has 6 nitrogen and oxygen atoms in total. The van der Waals surface area contributed by atoms with Crippen LogP contribution < -0.4 is 14.5 Å². The van der Waals surface area contributed by atoms with E-state index in [2.05, 4.69) is 28.7 Å². The Labute approximate surface area is 226 Å². The summed E-state index contributed by atoms with van der Waals surface area (Å²) >= 11 is 7.31. The minimum atomic E-state index is -3.79. The molecule has 0 radical (unpaired) electrons. The highest BCUT2D eigenvalue weighted by atomic mass is 35.5. The summed E-state index contributed by atoms with van der Waals surface area (Å²) in [4.78, 5) is 15.1. The predicted molar refractivity (Wildman–Crippen MR) is 152 cm³/mol. The molecule has 1 aromatic heterocycles. The van der Waals surface area contributed by atoms with Crippen molar-refractivity contribution in [2.24, 2.45) is 5.92 Å². The van der Waals surface area contributed by atoms with Gasteiger partial charge in [0, 0.05) is 29.8 Å². The van der Waals surface area contributed by atoms with E-state index in [1.54, 1.807) is 28.8 Å². The molecule has 3 aromatic carbocycles. The zero-order valence-corrected chi connectivity index (χ0v) is 23.2. The van der Waals surface area contributed by atoms with Crippen molar-refractivity contribution in [2.75, 3.05) is 18.0 Å². The van der Waals surface area contributed by atoms with Crippen LogP contribution in [0.15, 0.2) is 76.4 Å². The van der Waals surface area contributed by atoms with Crippen LogP contribution in [0.2, 0.25) is 5.02 Å². The summed E-state index contributed by atoms with van der Waals surface area (Å²) in [5, 5.41) is 0.588. The molecule has 9 heteroatoms. The first-order valence-electron chi connectivity index (χ1n) is 12.5. The maximum Gasteiger partial charge on any atom is 0.308 e. The van der Waals surface area contributed by atoms with Crippen LogP contribution in [0, 0.1) is 5.92 Å². The molecule has 2 atom stereocenters. The fraction of sp³-hybridized carbons (Fsp3) is 0.321. The number of benzene rings is 3. The summed E-state index contributed by atoms with van der Waals surface area (Å²) in [5.74, 6) is 0.683. The van der Waals surface area contributed by atoms with E-state index in [1.807, 2.05) is 37.3 Å². The van der Waals surface area contributed by atoms with Gasteiger partial charge in [-0.3, -0.25) is 9.36 Å². The molecule has 1 fully saturated rings. The SMILES string of the molecule is C[C@@H]1CCCN(c2ccc([C@H](C)NS(=O)(=O)c3ccc4c(c3)sc(=O)n4Cc3ccccc3Cl)cc2)C1. The standard InChI is InChI=1S/C28H30ClN3O3S2/c1-19-6-5-15-31(17-19)23-11-9-21(10-12-23)20(2)30-37(34,35)24-13-14-26-27(16-24)36-28(33)32(26)18-22-7-3-4-8-25(22)29/h3-4,7-14,16,19-20,30H,5-6,15,17-18H2,1-2H3/t19-,20+/m1/s1. The number of hydrogen-bond acceptors (Lipinski definition) is 5. The minimum Gasteiger partial charge on any atom is -0.371 e. The number of hydrogen-bond donors (Lipinski definition) is 1. The second-order valence-electron chi connectivity index (χ2n) is 9.80. The van der Waals surface area contributed by atoms with Crippen LogP contribution in [0.1, 0.15) is 43.9 Å². The van der Waals surface area contributed by atoms with Gasteiger partial charge in [-0.25, -0.2) is 13.1 Å². The maximum absolute atomic E-state index is 13.2. The Morgan fingerprint density at radius 3 is 2.59 bits per heavy atom. The topological polar surface area (TPSA) is 71.4 Å². The van der Waals surface area contributed by atoms with E-state index in [9.17, 15) is 13.2 Å². The Morgan fingerprint density at radius 2 is 1.86 bits per heavy atom. The lowest BCUT2D eigenvalue weighted by molar-refractivity contribution is 0.447. The van der Waals surface area contributed by atoms with Crippen LogP contribution in [0.4, 0.5) is 5.69 Å². The van der Waals surface area contributed by atoms with Gasteiger partial charge >= 0.3 is 4.87 Å². The predicted octanol–water partition coefficient (Wildman–Crippen LogP) is 6.04. The van der Waals surface area contributed by atoms with Crippen molar-refractivity contribution in [2.45, 2.75) is 44.2 Å². The molecule has 1 N–H and O–H groups in total. The fourth-order valence-corrected chi connectivity index (χ4v) is 7.38. The van der Waals surface area contributed by atoms with Crippen LogP contribution in [-0.2, 0) is 16.6 Å². The Balaban J connectivity index is 1.33. The van der Waals surface area contributed by atoms with E-state index in [0.717, 1.165) is 35.6 Å². The van der Waals surface area contributed by atoms with Gasteiger partial charge in [-0.2, -0.15) is 0 Å². The van der Waals surface area contributed by atoms with E-state index in [-0.39, 0.29) is 9.77 Å². The van der Waals surface area contributed by atoms with Gasteiger partial charge < -0.3 is 4.90 Å². The molecule has 0 amide bonds. The fourth-order valence-electron chi connectivity index (χ4n) is 4.93. The van der Waals surface area contributed by atoms with Gasteiger partial charge in [0.25, 0.3) is 0 Å². The molecule has 1 aliphatic heterocycles. The van der Waals surface area contributed by atoms with Crippen LogP contribution in [0.3, 0.4) is 0 Å². The number of anilines is 1. The van der Waals surface area contributed by atoms with Crippen molar-refractivity contribution in [1.29, 1.82) is 0 Å². The average Bonchev–Trinajstić information content (AvgIpc) is 3.19. The molecule has 0 saturated carbocycles. The smallest absolute Gasteiger partial charge is 0.308 e. The van der Waals surface area contributed by atoms with Gasteiger partial charge in [-0.05, 0) is 73.2 Å². The second-order valence-corrected chi connectivity index (χ2v) is 12.9. The van der Waals surface area contributed by atoms with E-state index in [0.29, 0.717) is 27.7 Å². The third-order valence-corrected chi connectivity index (χ3v) is 9.83. The van der Waals surface area contributed by atoms with Crippen LogP contribution in [0.5, 0.6) is 0 Å². The van der Waals surface area contributed by atoms with Crippen molar-refractivity contribution in [3.05, 3.63) is 92.5 Å². The zero-order valence-electron chi connectivity index (χ0n) is 20.9. The molecular weight excluding hydrogens is 526 g/mol. The number of aromatic nitrogens is 1. The van der Waals surface area contributed by atoms with Crippen molar-refractivity contribution in [1.82, 2.24) is 9.29 Å². The molecule has 4 aromatic rings. The molecule has 0 spiro atoms. The number of piperidine rings is 1. The maximum atomic E-state index is 13.2. The summed E-state index contributed by atoms with van der Waals surface area (Å²) in [6, 6.07) is 19.9. The summed E-state index contributed by atoms with van der Waals surface area (Å²) in [6.07, 6.45) is 2.46. The summed E-state index contributed by atoms with van der Waals surface area (Å²) in [5.41, 5.74) is 3.59. The van der Waals surface area contributed by atoms with Crippen molar-refractivity contribution < 1.29 is 8.42 Å². The number of fused-ring (bicyclic) bond motifs is 1. The lowest BCUT2D eigenvalue weighted by Crippen LogP contribution is -2.34. The molecule has 1 saturated heterocycles. The van der Waals surface area contributed by atoms with Crippen molar-refractivity contribution in [3.63, 3.8) is 0 Å². The Morgan fingerprint density at radius 1 is 1.11 bits per heavy atom. The number of sulfonamides is 1. The first-order chi connectivity index (χ1) is 17.7. The van der Waals surface area contributed by atoms with Gasteiger partial charge in [-0.1, -0.05) is 60.2 Å². The van der Waals surface area contributed by atoms with Crippen molar-refractivity contribution >= 4 is 48.9 Å². The third kappa shape index (κ3) is 5.62. The van der Waals surface area contributed by atoms with E-state index in [4.69, 9.17) is 11.6 Å². The molecule has 0 unspecified atom stereocenters. The minimum absolute atomic E-state index is 0.136. The number of halogens is 1. The first kappa shape index (κ1) is 26.0. The monoisotopic (exact) mass is 555 g/mol. The lowest BCUT2D eigenvalue weighted by atomic mass is 9.99. The summed E-state index contributed by atoms with van der Waals surface area (Å²) < 4.78 is 31.5. The number of rotatable bonds is 7. The highest BCUT2D eigenvalue weighted by Gasteiger charge is 2.21. The Bertz CT molecular complexity index is 1580. The van der Waals surface area contributed by atoms with Crippen LogP contribution >= 0.6 is 22.9 Å². The Kier molecular flexibility index (Phi) is 7.45. The largest absolute Gasteiger partial charge is 0.371 e. The number of nitrogens with one attached hydrogen (secondary N) is 1. The van der Waals surface area contributed by atoms with Gasteiger partial charge in [0.1, 0.15) is 0 Å². The second kappa shape index (κ2) is 10.6. The third-order valence-electron chi connectivity index (χ3n) is 6.98. The zero-order chi connectivity index (χ0) is 26.2. The highest BCUT2D eigenvalue weighted by Crippen LogP contribution is 2.27. The molecule has 2 heterocycles. The lowest BCUT2D eigenvalue weighted by Gasteiger charge is -2.33. The van der Waals surface area contributed by atoms with E-state index >= 15 is 0 Å². The van der Waals surface area contributed by atoms with Gasteiger partial charge in [-0.15, -0.1) is 0 Å². The van der Waals surface area contributed by atoms with Gasteiger partial charge in [0.15, 0.2) is 0 Å². The number of nitrogens with zero attached hydrogens (tertiary/aromatic N) is 2. The quantitative estimate of drug-likeness (QED) is 0.302. The van der Waals surface area contributed by atoms with E-state index in [1.165, 1.54) is 18.5 Å². The van der Waals surface area contributed by atoms with Crippen LogP contribution in [0.25, 0.3) is 10.2 Å². The Hall–Kier alpha value is -2.65. The molecule has 5 rings (SSSR count). The molecular formula is C28H30ClN3O3S2. The highest BCUT2D eigenvalue weighted by molar-refractivity contribution is 7.89. The van der Waals surface area contributed by atoms with E-state index < -0.39 is 16.1 Å². The molecule has 0 bridgehead atoms. The van der Waals surface area contributed by atoms with Gasteiger partial charge in [0.05, 0.1) is 21.7 Å². The average molecular weight is 556 g/mol. The molecule has 37 heavy (non-hydrogen) atoms. The van der Waals surface area contributed by atoms with Crippen molar-refractivity contribution in [3.8, 4) is 0 Å². The summed E-state index contributed by atoms with van der Waals surface area (Å²) in [7, 11) is -3.79.